The van der Waals surface area contributed by atoms with Crippen LogP contribution in [0.5, 0.6) is 5.75 Å². The summed E-state index contributed by atoms with van der Waals surface area (Å²) in [4.78, 5) is 0. The first kappa shape index (κ1) is 25.6. The number of hydrogen-bond donors (Lipinski definition) is 1. The van der Waals surface area contributed by atoms with Crippen LogP contribution in [-0.4, -0.2) is 17.8 Å². The Balaban J connectivity index is 1.55. The number of phenolic OH excluding ortho intramolecular Hbond substituents is 1. The minimum Gasteiger partial charge on any atom is -0.508 e. The standard InChI is InChI=1S/C30H34F2O2/c1-3-4-8-21-34-22(2)9-6-5-7-10-23-11-13-24(14-12-23)27-19-20-28(30(32)29(27)31)25-15-17-26(33)18-16-25/h7,10-20,22,33H,3-6,8-9,21H2,1-2H3/b10-7+. The molecule has 4 heteroatoms. The molecule has 34 heavy (non-hydrogen) atoms. The molecule has 1 atom stereocenters. The highest BCUT2D eigenvalue weighted by molar-refractivity contribution is 5.72. The van der Waals surface area contributed by atoms with Gasteiger partial charge in [-0.05, 0) is 61.4 Å². The van der Waals surface area contributed by atoms with E-state index in [4.69, 9.17) is 4.74 Å². The third-order valence-corrected chi connectivity index (χ3v) is 5.92. The first-order valence-corrected chi connectivity index (χ1v) is 12.2. The van der Waals surface area contributed by atoms with Gasteiger partial charge in [0, 0.05) is 17.7 Å². The van der Waals surface area contributed by atoms with Crippen LogP contribution in [-0.2, 0) is 4.74 Å². The smallest absolute Gasteiger partial charge is 0.167 e. The second-order valence-electron chi connectivity index (χ2n) is 8.68. The number of aromatic hydroxyl groups is 1. The van der Waals surface area contributed by atoms with Crippen LogP contribution in [0.25, 0.3) is 28.3 Å². The van der Waals surface area contributed by atoms with Gasteiger partial charge in [-0.1, -0.05) is 80.4 Å². The molecule has 0 saturated heterocycles. The average Bonchev–Trinajstić information content (AvgIpc) is 2.84. The first-order valence-electron chi connectivity index (χ1n) is 12.2. The van der Waals surface area contributed by atoms with Crippen molar-refractivity contribution in [2.45, 2.75) is 58.5 Å². The molecule has 3 aromatic carbocycles. The van der Waals surface area contributed by atoms with Crippen LogP contribution < -0.4 is 0 Å². The van der Waals surface area contributed by atoms with Crippen molar-refractivity contribution in [3.8, 4) is 28.0 Å². The van der Waals surface area contributed by atoms with Crippen molar-refractivity contribution < 1.29 is 18.6 Å². The molecule has 0 fully saturated rings. The fraction of sp³-hybridized carbons (Fsp3) is 0.333. The summed E-state index contributed by atoms with van der Waals surface area (Å²) in [6.45, 7) is 5.17. The van der Waals surface area contributed by atoms with Crippen molar-refractivity contribution in [2.75, 3.05) is 6.61 Å². The van der Waals surface area contributed by atoms with Gasteiger partial charge in [0.2, 0.25) is 0 Å². The summed E-state index contributed by atoms with van der Waals surface area (Å²) in [5.41, 5.74) is 2.55. The second-order valence-corrected chi connectivity index (χ2v) is 8.68. The molecule has 1 N–H and O–H groups in total. The molecule has 0 amide bonds. The van der Waals surface area contributed by atoms with Crippen molar-refractivity contribution in [1.82, 2.24) is 0 Å². The second kappa shape index (κ2) is 13.0. The Morgan fingerprint density at radius 1 is 0.824 bits per heavy atom. The monoisotopic (exact) mass is 464 g/mol. The number of benzene rings is 3. The zero-order valence-electron chi connectivity index (χ0n) is 20.1. The average molecular weight is 465 g/mol. The van der Waals surface area contributed by atoms with E-state index in [1.807, 2.05) is 24.3 Å². The van der Waals surface area contributed by atoms with E-state index in [2.05, 4.69) is 26.0 Å². The molecule has 3 aromatic rings. The van der Waals surface area contributed by atoms with Gasteiger partial charge in [-0.3, -0.25) is 0 Å². The highest BCUT2D eigenvalue weighted by Gasteiger charge is 2.16. The number of rotatable bonds is 12. The van der Waals surface area contributed by atoms with Crippen LogP contribution in [0.1, 0.15) is 57.9 Å². The molecular weight excluding hydrogens is 430 g/mol. The summed E-state index contributed by atoms with van der Waals surface area (Å²) in [6, 6.07) is 16.6. The van der Waals surface area contributed by atoms with Gasteiger partial charge in [-0.15, -0.1) is 0 Å². The topological polar surface area (TPSA) is 29.5 Å². The fourth-order valence-electron chi connectivity index (χ4n) is 3.87. The van der Waals surface area contributed by atoms with Crippen molar-refractivity contribution in [3.05, 3.63) is 83.9 Å². The van der Waals surface area contributed by atoms with Gasteiger partial charge >= 0.3 is 0 Å². The van der Waals surface area contributed by atoms with Crippen LogP contribution >= 0.6 is 0 Å². The van der Waals surface area contributed by atoms with E-state index >= 15 is 0 Å². The molecule has 0 saturated carbocycles. The maximum atomic E-state index is 14.8. The van der Waals surface area contributed by atoms with E-state index in [0.717, 1.165) is 37.9 Å². The largest absolute Gasteiger partial charge is 0.508 e. The summed E-state index contributed by atoms with van der Waals surface area (Å²) in [7, 11) is 0. The summed E-state index contributed by atoms with van der Waals surface area (Å²) >= 11 is 0. The van der Waals surface area contributed by atoms with Crippen LogP contribution in [0.2, 0.25) is 0 Å². The van der Waals surface area contributed by atoms with Gasteiger partial charge in [0.05, 0.1) is 6.10 Å². The minimum atomic E-state index is -0.893. The van der Waals surface area contributed by atoms with E-state index in [-0.39, 0.29) is 16.9 Å². The molecule has 0 radical (unpaired) electrons. The summed E-state index contributed by atoms with van der Waals surface area (Å²) in [5.74, 6) is -1.69. The SMILES string of the molecule is CCCCCOC(C)CCC/C=C/c1ccc(-c2ccc(-c3ccc(O)cc3)c(F)c2F)cc1. The Morgan fingerprint density at radius 3 is 2.00 bits per heavy atom. The lowest BCUT2D eigenvalue weighted by Gasteiger charge is -2.12. The first-order chi connectivity index (χ1) is 16.5. The van der Waals surface area contributed by atoms with E-state index in [1.165, 1.54) is 25.0 Å². The minimum absolute atomic E-state index is 0.0803. The van der Waals surface area contributed by atoms with Gasteiger partial charge in [-0.2, -0.15) is 0 Å². The van der Waals surface area contributed by atoms with Crippen molar-refractivity contribution in [3.63, 3.8) is 0 Å². The zero-order chi connectivity index (χ0) is 24.3. The predicted octanol–water partition coefficient (Wildman–Crippen LogP) is 8.78. The number of hydrogen-bond acceptors (Lipinski definition) is 2. The van der Waals surface area contributed by atoms with E-state index in [1.54, 1.807) is 24.3 Å². The zero-order valence-corrected chi connectivity index (χ0v) is 20.1. The van der Waals surface area contributed by atoms with Crippen molar-refractivity contribution in [1.29, 1.82) is 0 Å². The molecule has 2 nitrogen and oxygen atoms in total. The quantitative estimate of drug-likeness (QED) is 0.271. The van der Waals surface area contributed by atoms with E-state index in [9.17, 15) is 13.9 Å². The summed E-state index contributed by atoms with van der Waals surface area (Å²) in [6.07, 6.45) is 11.2. The Labute approximate surface area is 201 Å². The molecular formula is C30H34F2O2. The number of allylic oxidation sites excluding steroid dienone is 1. The lowest BCUT2D eigenvalue weighted by molar-refractivity contribution is 0.0566. The third-order valence-electron chi connectivity index (χ3n) is 5.92. The van der Waals surface area contributed by atoms with Gasteiger partial charge in [-0.25, -0.2) is 8.78 Å². The van der Waals surface area contributed by atoms with Crippen LogP contribution in [0, 0.1) is 11.6 Å². The number of unbranched alkanes of at least 4 members (excludes halogenated alkanes) is 3. The van der Waals surface area contributed by atoms with Crippen LogP contribution in [0.4, 0.5) is 8.78 Å². The van der Waals surface area contributed by atoms with Crippen LogP contribution in [0.3, 0.4) is 0 Å². The van der Waals surface area contributed by atoms with Crippen molar-refractivity contribution in [2.24, 2.45) is 0 Å². The van der Waals surface area contributed by atoms with Crippen LogP contribution in [0.15, 0.2) is 66.7 Å². The molecule has 3 rings (SSSR count). The Hall–Kier alpha value is -2.98. The maximum absolute atomic E-state index is 14.8. The predicted molar refractivity (Wildman–Crippen MR) is 137 cm³/mol. The highest BCUT2D eigenvalue weighted by atomic mass is 19.2. The van der Waals surface area contributed by atoms with Crippen molar-refractivity contribution >= 4 is 6.08 Å². The van der Waals surface area contributed by atoms with E-state index < -0.39 is 11.6 Å². The molecule has 0 spiro atoms. The molecule has 0 heterocycles. The molecule has 0 aromatic heterocycles. The number of ether oxygens (including phenoxy) is 1. The highest BCUT2D eigenvalue weighted by Crippen LogP contribution is 2.32. The van der Waals surface area contributed by atoms with Gasteiger partial charge in [0.15, 0.2) is 11.6 Å². The Morgan fingerprint density at radius 2 is 1.41 bits per heavy atom. The van der Waals surface area contributed by atoms with E-state index in [0.29, 0.717) is 17.2 Å². The van der Waals surface area contributed by atoms with Gasteiger partial charge in [0.25, 0.3) is 0 Å². The third kappa shape index (κ3) is 7.26. The normalized spacial score (nSPS) is 12.4. The summed E-state index contributed by atoms with van der Waals surface area (Å²) in [5, 5.41) is 9.41. The molecule has 180 valence electrons. The molecule has 1 unspecified atom stereocenters. The Bertz CT molecular complexity index is 1060. The maximum Gasteiger partial charge on any atom is 0.167 e. The lowest BCUT2D eigenvalue weighted by atomic mass is 9.98. The molecule has 0 bridgehead atoms. The number of halogens is 2. The van der Waals surface area contributed by atoms with Gasteiger partial charge < -0.3 is 9.84 Å². The lowest BCUT2D eigenvalue weighted by Crippen LogP contribution is -2.08. The number of phenols is 1. The molecule has 0 aliphatic carbocycles. The fourth-order valence-corrected chi connectivity index (χ4v) is 3.87. The van der Waals surface area contributed by atoms with Gasteiger partial charge in [0.1, 0.15) is 5.75 Å². The summed E-state index contributed by atoms with van der Waals surface area (Å²) < 4.78 is 35.4. The molecule has 0 aliphatic heterocycles. The Kier molecular flexibility index (Phi) is 9.84. The molecule has 0 aliphatic rings.